The van der Waals surface area contributed by atoms with Crippen LogP contribution < -0.4 is 5.32 Å². The second-order valence-electron chi connectivity index (χ2n) is 3.32. The Morgan fingerprint density at radius 1 is 1.46 bits per heavy atom. The van der Waals surface area contributed by atoms with E-state index in [0.29, 0.717) is 6.42 Å². The summed E-state index contributed by atoms with van der Waals surface area (Å²) in [5.41, 5.74) is 1.18. The van der Waals surface area contributed by atoms with Gasteiger partial charge in [-0.1, -0.05) is 19.1 Å². The Balaban J connectivity index is 3.36. The van der Waals surface area contributed by atoms with Crippen molar-refractivity contribution < 1.29 is 4.79 Å². The van der Waals surface area contributed by atoms with E-state index in [9.17, 15) is 4.79 Å². The third kappa shape index (κ3) is 6.34. The first-order chi connectivity index (χ1) is 6.07. The zero-order valence-electron chi connectivity index (χ0n) is 8.89. The molecular formula is C10H20N2O. The van der Waals surface area contributed by atoms with Crippen LogP contribution in [0.1, 0.15) is 19.8 Å². The monoisotopic (exact) mass is 184 g/mol. The molecule has 0 aromatic heterocycles. The highest BCUT2D eigenvalue weighted by Crippen LogP contribution is 1.93. The molecule has 0 atom stereocenters. The van der Waals surface area contributed by atoms with Gasteiger partial charge in [0.25, 0.3) is 0 Å². The number of nitrogens with one attached hydrogen (secondary N) is 1. The molecule has 1 N–H and O–H groups in total. The summed E-state index contributed by atoms with van der Waals surface area (Å²) in [5.74, 6) is 0.162. The number of carbonyl (C=O) groups excluding carboxylic acids is 1. The molecule has 0 aliphatic carbocycles. The number of nitrogens with zero attached hydrogens (tertiary/aromatic N) is 1. The molecule has 0 aromatic rings. The first-order valence-corrected chi connectivity index (χ1v) is 4.65. The fourth-order valence-electron chi connectivity index (χ4n) is 0.809. The van der Waals surface area contributed by atoms with Crippen molar-refractivity contribution in [3.05, 3.63) is 12.2 Å². The standard InChI is InChI=1S/C10H20N2O/c1-5-9(2)8-11-7-6-10(13)12(3)4/h11H,2,5-8H2,1,3-4H3. The van der Waals surface area contributed by atoms with Gasteiger partial charge < -0.3 is 10.2 Å². The Bertz CT molecular complexity index is 176. The van der Waals surface area contributed by atoms with E-state index in [1.54, 1.807) is 19.0 Å². The maximum absolute atomic E-state index is 11.1. The van der Waals surface area contributed by atoms with Crippen molar-refractivity contribution in [2.75, 3.05) is 27.2 Å². The highest BCUT2D eigenvalue weighted by atomic mass is 16.2. The van der Waals surface area contributed by atoms with Crippen LogP contribution in [0.3, 0.4) is 0 Å². The smallest absolute Gasteiger partial charge is 0.223 e. The molecule has 0 aliphatic heterocycles. The Labute approximate surface area is 80.8 Å². The fraction of sp³-hybridized carbons (Fsp3) is 0.700. The maximum Gasteiger partial charge on any atom is 0.223 e. The summed E-state index contributed by atoms with van der Waals surface area (Å²) in [6, 6.07) is 0. The van der Waals surface area contributed by atoms with E-state index in [2.05, 4.69) is 18.8 Å². The van der Waals surface area contributed by atoms with Crippen molar-refractivity contribution in [1.29, 1.82) is 0 Å². The third-order valence-corrected chi connectivity index (χ3v) is 1.89. The molecular weight excluding hydrogens is 164 g/mol. The molecule has 3 heteroatoms. The molecule has 0 bridgehead atoms. The number of amides is 1. The highest BCUT2D eigenvalue weighted by molar-refractivity contribution is 5.75. The Morgan fingerprint density at radius 3 is 2.54 bits per heavy atom. The lowest BCUT2D eigenvalue weighted by atomic mass is 10.2. The van der Waals surface area contributed by atoms with Gasteiger partial charge in [-0.25, -0.2) is 0 Å². The van der Waals surface area contributed by atoms with Gasteiger partial charge in [0.15, 0.2) is 0 Å². The van der Waals surface area contributed by atoms with Gasteiger partial charge in [0.2, 0.25) is 5.91 Å². The first kappa shape index (κ1) is 12.2. The zero-order chi connectivity index (χ0) is 10.3. The predicted octanol–water partition coefficient (Wildman–Crippen LogP) is 1.02. The minimum absolute atomic E-state index is 0.162. The summed E-state index contributed by atoms with van der Waals surface area (Å²) in [6.07, 6.45) is 1.55. The average Bonchev–Trinajstić information content (AvgIpc) is 2.11. The van der Waals surface area contributed by atoms with Gasteiger partial charge in [-0.2, -0.15) is 0 Å². The zero-order valence-corrected chi connectivity index (χ0v) is 8.89. The first-order valence-electron chi connectivity index (χ1n) is 4.65. The van der Waals surface area contributed by atoms with Crippen LogP contribution >= 0.6 is 0 Å². The fourth-order valence-corrected chi connectivity index (χ4v) is 0.809. The molecule has 0 fully saturated rings. The molecule has 0 rings (SSSR count). The predicted molar refractivity (Wildman–Crippen MR) is 55.6 cm³/mol. The topological polar surface area (TPSA) is 32.3 Å². The van der Waals surface area contributed by atoms with E-state index >= 15 is 0 Å². The molecule has 0 heterocycles. The van der Waals surface area contributed by atoms with Gasteiger partial charge in [0.1, 0.15) is 0 Å². The van der Waals surface area contributed by atoms with Gasteiger partial charge in [-0.3, -0.25) is 4.79 Å². The van der Waals surface area contributed by atoms with Gasteiger partial charge in [-0.05, 0) is 6.42 Å². The molecule has 0 radical (unpaired) electrons. The minimum atomic E-state index is 0.162. The normalized spacial score (nSPS) is 9.77. The molecule has 1 amide bonds. The van der Waals surface area contributed by atoms with Crippen molar-refractivity contribution >= 4 is 5.91 Å². The van der Waals surface area contributed by atoms with E-state index < -0.39 is 0 Å². The molecule has 0 spiro atoms. The largest absolute Gasteiger partial charge is 0.349 e. The second kappa shape index (κ2) is 6.66. The quantitative estimate of drug-likeness (QED) is 0.494. The second-order valence-corrected chi connectivity index (χ2v) is 3.32. The molecule has 76 valence electrons. The maximum atomic E-state index is 11.1. The van der Waals surface area contributed by atoms with Crippen LogP contribution in [0.4, 0.5) is 0 Å². The van der Waals surface area contributed by atoms with Gasteiger partial charge >= 0.3 is 0 Å². The van der Waals surface area contributed by atoms with Crippen molar-refractivity contribution in [2.24, 2.45) is 0 Å². The Kier molecular flexibility index (Phi) is 6.24. The molecule has 13 heavy (non-hydrogen) atoms. The lowest BCUT2D eigenvalue weighted by Gasteiger charge is -2.10. The number of rotatable bonds is 6. The summed E-state index contributed by atoms with van der Waals surface area (Å²) in [5, 5.41) is 3.17. The highest BCUT2D eigenvalue weighted by Gasteiger charge is 2.01. The number of hydrogen-bond donors (Lipinski definition) is 1. The Hall–Kier alpha value is -0.830. The van der Waals surface area contributed by atoms with Crippen LogP contribution in [0.15, 0.2) is 12.2 Å². The average molecular weight is 184 g/mol. The van der Waals surface area contributed by atoms with Gasteiger partial charge in [0, 0.05) is 33.6 Å². The minimum Gasteiger partial charge on any atom is -0.349 e. The lowest BCUT2D eigenvalue weighted by molar-refractivity contribution is -0.128. The van der Waals surface area contributed by atoms with E-state index in [4.69, 9.17) is 0 Å². The summed E-state index contributed by atoms with van der Waals surface area (Å²) in [6.45, 7) is 7.49. The van der Waals surface area contributed by atoms with Crippen LogP contribution in [-0.4, -0.2) is 38.0 Å². The van der Waals surface area contributed by atoms with E-state index in [1.807, 2.05) is 0 Å². The van der Waals surface area contributed by atoms with E-state index in [-0.39, 0.29) is 5.91 Å². The summed E-state index contributed by atoms with van der Waals surface area (Å²) in [4.78, 5) is 12.7. The van der Waals surface area contributed by atoms with Crippen molar-refractivity contribution in [1.82, 2.24) is 10.2 Å². The summed E-state index contributed by atoms with van der Waals surface area (Å²) < 4.78 is 0. The molecule has 3 nitrogen and oxygen atoms in total. The molecule has 0 saturated heterocycles. The van der Waals surface area contributed by atoms with Crippen LogP contribution in [0.5, 0.6) is 0 Å². The Morgan fingerprint density at radius 2 is 2.08 bits per heavy atom. The van der Waals surface area contributed by atoms with Crippen molar-refractivity contribution in [2.45, 2.75) is 19.8 Å². The third-order valence-electron chi connectivity index (χ3n) is 1.89. The molecule has 0 saturated carbocycles. The van der Waals surface area contributed by atoms with Crippen molar-refractivity contribution in [3.63, 3.8) is 0 Å². The van der Waals surface area contributed by atoms with Crippen LogP contribution in [0.25, 0.3) is 0 Å². The molecule has 0 aromatic carbocycles. The summed E-state index contributed by atoms with van der Waals surface area (Å²) >= 11 is 0. The van der Waals surface area contributed by atoms with Crippen LogP contribution in [0, 0.1) is 0 Å². The SMILES string of the molecule is C=C(CC)CNCCC(=O)N(C)C. The van der Waals surface area contributed by atoms with Crippen LogP contribution in [0.2, 0.25) is 0 Å². The number of carbonyl (C=O) groups is 1. The van der Waals surface area contributed by atoms with E-state index in [0.717, 1.165) is 19.5 Å². The van der Waals surface area contributed by atoms with Crippen molar-refractivity contribution in [3.8, 4) is 0 Å². The van der Waals surface area contributed by atoms with E-state index in [1.165, 1.54) is 5.57 Å². The van der Waals surface area contributed by atoms with Gasteiger partial charge in [-0.15, -0.1) is 0 Å². The number of hydrogen-bond acceptors (Lipinski definition) is 2. The van der Waals surface area contributed by atoms with Crippen LogP contribution in [-0.2, 0) is 4.79 Å². The summed E-state index contributed by atoms with van der Waals surface area (Å²) in [7, 11) is 3.54. The molecule has 0 unspecified atom stereocenters. The van der Waals surface area contributed by atoms with Gasteiger partial charge in [0.05, 0.1) is 0 Å². The lowest BCUT2D eigenvalue weighted by Crippen LogP contribution is -2.27. The molecule has 0 aliphatic rings.